The fourth-order valence-corrected chi connectivity index (χ4v) is 1.13. The molecule has 0 bridgehead atoms. The highest BCUT2D eigenvalue weighted by Crippen LogP contribution is 2.34. The standard InChI is InChI=1S/C10H10F3N3O2/c1-6(2)14-15-8-4-3-7(10(11,12)13)5-9(8)16(17)18/h3-5,15H,1-2H3. The second kappa shape index (κ2) is 5.03. The minimum Gasteiger partial charge on any atom is -0.272 e. The smallest absolute Gasteiger partial charge is 0.272 e. The van der Waals surface area contributed by atoms with E-state index in [-0.39, 0.29) is 5.69 Å². The maximum atomic E-state index is 12.4. The van der Waals surface area contributed by atoms with Crippen molar-refractivity contribution in [3.63, 3.8) is 0 Å². The number of anilines is 1. The van der Waals surface area contributed by atoms with Crippen molar-refractivity contribution in [1.82, 2.24) is 0 Å². The van der Waals surface area contributed by atoms with Crippen LogP contribution in [0.5, 0.6) is 0 Å². The third kappa shape index (κ3) is 3.44. The number of hydrogen-bond acceptors (Lipinski definition) is 4. The number of nitro groups is 1. The summed E-state index contributed by atoms with van der Waals surface area (Å²) >= 11 is 0. The summed E-state index contributed by atoms with van der Waals surface area (Å²) < 4.78 is 37.2. The molecule has 0 amide bonds. The number of halogens is 3. The zero-order chi connectivity index (χ0) is 13.9. The lowest BCUT2D eigenvalue weighted by Crippen LogP contribution is -2.07. The fraction of sp³-hybridized carbons (Fsp3) is 0.300. The molecule has 0 saturated heterocycles. The lowest BCUT2D eigenvalue weighted by atomic mass is 10.1. The Kier molecular flexibility index (Phi) is 3.89. The summed E-state index contributed by atoms with van der Waals surface area (Å²) in [4.78, 5) is 9.80. The van der Waals surface area contributed by atoms with E-state index in [1.807, 2.05) is 0 Å². The molecule has 18 heavy (non-hydrogen) atoms. The first-order valence-electron chi connectivity index (χ1n) is 4.84. The van der Waals surface area contributed by atoms with Crippen molar-refractivity contribution in [2.75, 3.05) is 5.43 Å². The molecule has 98 valence electrons. The van der Waals surface area contributed by atoms with Crippen LogP contribution >= 0.6 is 0 Å². The van der Waals surface area contributed by atoms with Crippen molar-refractivity contribution in [3.05, 3.63) is 33.9 Å². The molecule has 0 unspecified atom stereocenters. The Morgan fingerprint density at radius 1 is 1.39 bits per heavy atom. The van der Waals surface area contributed by atoms with Gasteiger partial charge in [0.2, 0.25) is 0 Å². The molecule has 1 aromatic rings. The van der Waals surface area contributed by atoms with Gasteiger partial charge in [-0.15, -0.1) is 0 Å². The van der Waals surface area contributed by atoms with Gasteiger partial charge in [0.05, 0.1) is 10.5 Å². The van der Waals surface area contributed by atoms with Crippen molar-refractivity contribution in [2.24, 2.45) is 5.10 Å². The van der Waals surface area contributed by atoms with Crippen LogP contribution in [-0.4, -0.2) is 10.6 Å². The van der Waals surface area contributed by atoms with Crippen molar-refractivity contribution < 1.29 is 18.1 Å². The van der Waals surface area contributed by atoms with Crippen molar-refractivity contribution in [1.29, 1.82) is 0 Å². The van der Waals surface area contributed by atoms with Crippen LogP contribution in [0.25, 0.3) is 0 Å². The molecule has 0 aliphatic carbocycles. The topological polar surface area (TPSA) is 67.5 Å². The zero-order valence-corrected chi connectivity index (χ0v) is 9.58. The summed E-state index contributed by atoms with van der Waals surface area (Å²) in [6.07, 6.45) is -4.62. The van der Waals surface area contributed by atoms with Gasteiger partial charge in [0, 0.05) is 11.8 Å². The maximum absolute atomic E-state index is 12.4. The Hall–Kier alpha value is -2.12. The first kappa shape index (κ1) is 13.9. The molecule has 0 radical (unpaired) electrons. The summed E-state index contributed by atoms with van der Waals surface area (Å²) in [5.41, 5.74) is 1.11. The van der Waals surface area contributed by atoms with Crippen molar-refractivity contribution >= 4 is 17.1 Å². The Balaban J connectivity index is 3.21. The Labute approximate surface area is 100 Å². The Bertz CT molecular complexity index is 494. The Morgan fingerprint density at radius 3 is 2.44 bits per heavy atom. The highest BCUT2D eigenvalue weighted by atomic mass is 19.4. The first-order chi connectivity index (χ1) is 8.21. The van der Waals surface area contributed by atoms with Gasteiger partial charge >= 0.3 is 6.18 Å². The molecular weight excluding hydrogens is 251 g/mol. The minimum absolute atomic E-state index is 0.0887. The van der Waals surface area contributed by atoms with E-state index in [1.54, 1.807) is 13.8 Å². The number of alkyl halides is 3. The molecule has 0 aliphatic heterocycles. The average molecular weight is 261 g/mol. The van der Waals surface area contributed by atoms with Gasteiger partial charge in [-0.2, -0.15) is 18.3 Å². The van der Waals surface area contributed by atoms with Gasteiger partial charge in [0.25, 0.3) is 5.69 Å². The van der Waals surface area contributed by atoms with Gasteiger partial charge in [-0.25, -0.2) is 0 Å². The molecule has 0 atom stereocenters. The highest BCUT2D eigenvalue weighted by Gasteiger charge is 2.32. The second-order valence-corrected chi connectivity index (χ2v) is 3.66. The predicted octanol–water partition coefficient (Wildman–Crippen LogP) is 3.42. The van der Waals surface area contributed by atoms with E-state index in [4.69, 9.17) is 0 Å². The molecular formula is C10H10F3N3O2. The van der Waals surface area contributed by atoms with Gasteiger partial charge < -0.3 is 0 Å². The first-order valence-corrected chi connectivity index (χ1v) is 4.84. The molecule has 0 saturated carbocycles. The number of hydrogen-bond donors (Lipinski definition) is 1. The monoisotopic (exact) mass is 261 g/mol. The SMILES string of the molecule is CC(C)=NNc1ccc(C(F)(F)F)cc1[N+](=O)[O-]. The predicted molar refractivity (Wildman–Crippen MR) is 60.5 cm³/mol. The number of nitrogens with one attached hydrogen (secondary N) is 1. The summed E-state index contributed by atoms with van der Waals surface area (Å²) in [7, 11) is 0. The molecule has 5 nitrogen and oxygen atoms in total. The van der Waals surface area contributed by atoms with Crippen LogP contribution in [0.4, 0.5) is 24.5 Å². The van der Waals surface area contributed by atoms with Gasteiger partial charge in [0.15, 0.2) is 0 Å². The number of nitrogens with zero attached hydrogens (tertiary/aromatic N) is 2. The van der Waals surface area contributed by atoms with Gasteiger partial charge in [-0.1, -0.05) is 0 Å². The molecule has 0 aliphatic rings. The lowest BCUT2D eigenvalue weighted by Gasteiger charge is -2.08. The quantitative estimate of drug-likeness (QED) is 0.515. The van der Waals surface area contributed by atoms with Crippen LogP contribution < -0.4 is 5.43 Å². The van der Waals surface area contributed by atoms with E-state index in [9.17, 15) is 23.3 Å². The van der Waals surface area contributed by atoms with Gasteiger partial charge in [-0.05, 0) is 26.0 Å². The number of rotatable bonds is 3. The van der Waals surface area contributed by atoms with Crippen LogP contribution in [0, 0.1) is 10.1 Å². The summed E-state index contributed by atoms with van der Waals surface area (Å²) in [6, 6.07) is 2.21. The number of benzene rings is 1. The van der Waals surface area contributed by atoms with Crippen LogP contribution in [0.15, 0.2) is 23.3 Å². The molecule has 1 aromatic carbocycles. The second-order valence-electron chi connectivity index (χ2n) is 3.66. The van der Waals surface area contributed by atoms with E-state index in [0.29, 0.717) is 11.8 Å². The van der Waals surface area contributed by atoms with E-state index < -0.39 is 22.4 Å². The fourth-order valence-electron chi connectivity index (χ4n) is 1.13. The third-order valence-corrected chi connectivity index (χ3v) is 1.92. The van der Waals surface area contributed by atoms with E-state index in [1.165, 1.54) is 0 Å². The molecule has 8 heteroatoms. The zero-order valence-electron chi connectivity index (χ0n) is 9.58. The van der Waals surface area contributed by atoms with E-state index in [2.05, 4.69) is 10.5 Å². The third-order valence-electron chi connectivity index (χ3n) is 1.92. The number of nitro benzene ring substituents is 1. The van der Waals surface area contributed by atoms with Crippen LogP contribution in [0.1, 0.15) is 19.4 Å². The molecule has 0 spiro atoms. The molecule has 0 fully saturated rings. The average Bonchev–Trinajstić information content (AvgIpc) is 2.24. The van der Waals surface area contributed by atoms with Crippen molar-refractivity contribution in [2.45, 2.75) is 20.0 Å². The largest absolute Gasteiger partial charge is 0.416 e. The molecule has 1 N–H and O–H groups in total. The van der Waals surface area contributed by atoms with Crippen LogP contribution in [0.3, 0.4) is 0 Å². The van der Waals surface area contributed by atoms with Gasteiger partial charge in [0.1, 0.15) is 5.69 Å². The molecule has 0 aromatic heterocycles. The van der Waals surface area contributed by atoms with Crippen LogP contribution in [-0.2, 0) is 6.18 Å². The lowest BCUT2D eigenvalue weighted by molar-refractivity contribution is -0.384. The summed E-state index contributed by atoms with van der Waals surface area (Å²) in [5.74, 6) is 0. The Morgan fingerprint density at radius 2 is 2.00 bits per heavy atom. The molecule has 0 heterocycles. The highest BCUT2D eigenvalue weighted by molar-refractivity contribution is 5.80. The number of hydrazone groups is 1. The maximum Gasteiger partial charge on any atom is 0.416 e. The van der Waals surface area contributed by atoms with Crippen LogP contribution in [0.2, 0.25) is 0 Å². The van der Waals surface area contributed by atoms with E-state index >= 15 is 0 Å². The van der Waals surface area contributed by atoms with E-state index in [0.717, 1.165) is 12.1 Å². The van der Waals surface area contributed by atoms with Crippen molar-refractivity contribution in [3.8, 4) is 0 Å². The summed E-state index contributed by atoms with van der Waals surface area (Å²) in [6.45, 7) is 3.28. The minimum atomic E-state index is -4.62. The normalized spacial score (nSPS) is 10.9. The summed E-state index contributed by atoms with van der Waals surface area (Å²) in [5, 5.41) is 14.4. The van der Waals surface area contributed by atoms with Gasteiger partial charge in [-0.3, -0.25) is 15.5 Å². The molecule has 1 rings (SSSR count).